The molecule has 194 valence electrons. The number of hydrogen-bond donors (Lipinski definition) is 2. The topological polar surface area (TPSA) is 128 Å². The Hall–Kier alpha value is -3.90. The summed E-state index contributed by atoms with van der Waals surface area (Å²) in [5.74, 6) is -0.282. The lowest BCUT2D eigenvalue weighted by atomic mass is 10.2. The smallest absolute Gasteiger partial charge is 0.257 e. The van der Waals surface area contributed by atoms with E-state index < -0.39 is 21.7 Å². The van der Waals surface area contributed by atoms with Crippen molar-refractivity contribution in [2.45, 2.75) is 20.5 Å². The maximum Gasteiger partial charge on any atom is 0.257 e. The maximum absolute atomic E-state index is 14.0. The fraction of sp³-hybridized carbons (Fsp3) is 0.208. The summed E-state index contributed by atoms with van der Waals surface area (Å²) in [6.07, 6.45) is 3.65. The standard InChI is InChI=1S/C24H23ClFN5O5S/c1-13-20(14(2)36-29-13)12-35-22-8-17(26)10-27-23(22)21-5-15(11-31(21)3)24(32)28-18-6-16(25)7-19(9-18)30-37(4,33)34/h5-11,30H,12H2,1-4H3,(H,28,32). The van der Waals surface area contributed by atoms with Crippen LogP contribution >= 0.6 is 11.6 Å². The quantitative estimate of drug-likeness (QED) is 0.327. The number of nitrogens with zero attached hydrogens (tertiary/aromatic N) is 3. The first-order valence-corrected chi connectivity index (χ1v) is 13.1. The molecule has 13 heteroatoms. The van der Waals surface area contributed by atoms with E-state index >= 15 is 0 Å². The number of aryl methyl sites for hydroxylation is 3. The van der Waals surface area contributed by atoms with Crippen molar-refractivity contribution in [1.29, 1.82) is 0 Å². The zero-order chi connectivity index (χ0) is 26.9. The molecule has 0 aliphatic rings. The third kappa shape index (κ3) is 6.27. The van der Waals surface area contributed by atoms with Gasteiger partial charge in [-0.05, 0) is 38.1 Å². The van der Waals surface area contributed by atoms with Crippen molar-refractivity contribution in [1.82, 2.24) is 14.7 Å². The van der Waals surface area contributed by atoms with Crippen LogP contribution in [0.3, 0.4) is 0 Å². The van der Waals surface area contributed by atoms with Gasteiger partial charge in [-0.2, -0.15) is 0 Å². The number of anilines is 2. The van der Waals surface area contributed by atoms with Crippen molar-refractivity contribution < 1.29 is 26.9 Å². The van der Waals surface area contributed by atoms with E-state index in [1.54, 1.807) is 37.7 Å². The van der Waals surface area contributed by atoms with Crippen LogP contribution in [-0.4, -0.2) is 35.3 Å². The van der Waals surface area contributed by atoms with Gasteiger partial charge in [0.25, 0.3) is 5.91 Å². The summed E-state index contributed by atoms with van der Waals surface area (Å²) >= 11 is 6.08. The first-order valence-electron chi connectivity index (χ1n) is 10.9. The molecule has 0 bridgehead atoms. The van der Waals surface area contributed by atoms with Gasteiger partial charge in [0.2, 0.25) is 10.0 Å². The number of benzene rings is 1. The molecule has 0 spiro atoms. The van der Waals surface area contributed by atoms with Gasteiger partial charge in [-0.15, -0.1) is 0 Å². The van der Waals surface area contributed by atoms with Gasteiger partial charge in [0.1, 0.15) is 23.9 Å². The van der Waals surface area contributed by atoms with Crippen LogP contribution in [0.1, 0.15) is 27.4 Å². The van der Waals surface area contributed by atoms with Crippen LogP contribution in [0, 0.1) is 19.7 Å². The summed E-state index contributed by atoms with van der Waals surface area (Å²) < 4.78 is 52.1. The number of sulfonamides is 1. The van der Waals surface area contributed by atoms with Gasteiger partial charge in [0, 0.05) is 30.0 Å². The lowest BCUT2D eigenvalue weighted by Gasteiger charge is -2.11. The summed E-state index contributed by atoms with van der Waals surface area (Å²) in [5, 5.41) is 6.82. The predicted octanol–water partition coefficient (Wildman–Crippen LogP) is 4.69. The van der Waals surface area contributed by atoms with Crippen LogP contribution in [0.2, 0.25) is 5.02 Å². The number of carbonyl (C=O) groups is 1. The second kappa shape index (κ2) is 10.2. The Balaban J connectivity index is 1.59. The molecule has 3 aromatic heterocycles. The molecule has 2 N–H and O–H groups in total. The van der Waals surface area contributed by atoms with E-state index in [4.69, 9.17) is 20.9 Å². The highest BCUT2D eigenvalue weighted by Gasteiger charge is 2.19. The van der Waals surface area contributed by atoms with E-state index in [0.717, 1.165) is 18.0 Å². The van der Waals surface area contributed by atoms with Crippen LogP contribution in [-0.2, 0) is 23.7 Å². The zero-order valence-electron chi connectivity index (χ0n) is 20.3. The molecule has 0 atom stereocenters. The molecule has 37 heavy (non-hydrogen) atoms. The Labute approximate surface area is 217 Å². The summed E-state index contributed by atoms with van der Waals surface area (Å²) in [7, 11) is -1.82. The van der Waals surface area contributed by atoms with Crippen LogP contribution in [0.4, 0.5) is 15.8 Å². The van der Waals surface area contributed by atoms with Gasteiger partial charge in [0.05, 0.1) is 40.7 Å². The number of pyridine rings is 1. The summed E-state index contributed by atoms with van der Waals surface area (Å²) in [5.41, 5.74) is 3.01. The summed E-state index contributed by atoms with van der Waals surface area (Å²) in [6, 6.07) is 7.15. The molecule has 0 unspecified atom stereocenters. The van der Waals surface area contributed by atoms with E-state index in [1.807, 2.05) is 0 Å². The van der Waals surface area contributed by atoms with Gasteiger partial charge in [0.15, 0.2) is 5.75 Å². The lowest BCUT2D eigenvalue weighted by molar-refractivity contribution is 0.102. The third-order valence-corrected chi connectivity index (χ3v) is 6.17. The van der Waals surface area contributed by atoms with Crippen LogP contribution in [0.15, 0.2) is 47.2 Å². The maximum atomic E-state index is 14.0. The highest BCUT2D eigenvalue weighted by molar-refractivity contribution is 7.92. The molecule has 1 aromatic carbocycles. The van der Waals surface area contributed by atoms with Crippen molar-refractivity contribution in [3.05, 3.63) is 76.1 Å². The molecular weight excluding hydrogens is 525 g/mol. The summed E-state index contributed by atoms with van der Waals surface area (Å²) in [4.78, 5) is 17.2. The molecule has 4 rings (SSSR count). The molecule has 0 saturated heterocycles. The Kier molecular flexibility index (Phi) is 7.23. The van der Waals surface area contributed by atoms with E-state index in [-0.39, 0.29) is 34.3 Å². The number of hydrogen-bond acceptors (Lipinski definition) is 7. The molecule has 0 aliphatic carbocycles. The average Bonchev–Trinajstić information content (AvgIpc) is 3.32. The molecule has 4 aromatic rings. The number of ether oxygens (including phenoxy) is 1. The van der Waals surface area contributed by atoms with Crippen molar-refractivity contribution in [3.8, 4) is 17.1 Å². The third-order valence-electron chi connectivity index (χ3n) is 5.34. The zero-order valence-corrected chi connectivity index (χ0v) is 21.9. The minimum Gasteiger partial charge on any atom is -0.486 e. The second-order valence-electron chi connectivity index (χ2n) is 8.37. The first-order chi connectivity index (χ1) is 17.4. The fourth-order valence-corrected chi connectivity index (χ4v) is 4.42. The van der Waals surface area contributed by atoms with Gasteiger partial charge >= 0.3 is 0 Å². The Morgan fingerprint density at radius 3 is 2.59 bits per heavy atom. The van der Waals surface area contributed by atoms with Crippen LogP contribution in [0.5, 0.6) is 5.75 Å². The Bertz CT molecular complexity index is 1580. The van der Waals surface area contributed by atoms with Crippen molar-refractivity contribution in [2.75, 3.05) is 16.3 Å². The molecule has 0 aliphatic heterocycles. The Morgan fingerprint density at radius 2 is 1.92 bits per heavy atom. The number of carbonyl (C=O) groups excluding carboxylic acids is 1. The number of amides is 1. The monoisotopic (exact) mass is 547 g/mol. The highest BCUT2D eigenvalue weighted by atomic mass is 35.5. The molecule has 10 nitrogen and oxygen atoms in total. The SMILES string of the molecule is Cc1noc(C)c1COc1cc(F)cnc1-c1cc(C(=O)Nc2cc(Cl)cc(NS(C)(=O)=O)c2)cn1C. The minimum absolute atomic E-state index is 0.0929. The highest BCUT2D eigenvalue weighted by Crippen LogP contribution is 2.31. The van der Waals surface area contributed by atoms with E-state index in [2.05, 4.69) is 20.2 Å². The largest absolute Gasteiger partial charge is 0.486 e. The molecule has 0 radical (unpaired) electrons. The van der Waals surface area contributed by atoms with Crippen LogP contribution < -0.4 is 14.8 Å². The molecule has 1 amide bonds. The molecule has 0 fully saturated rings. The first kappa shape index (κ1) is 26.2. The predicted molar refractivity (Wildman–Crippen MR) is 137 cm³/mol. The van der Waals surface area contributed by atoms with Crippen molar-refractivity contribution in [3.63, 3.8) is 0 Å². The van der Waals surface area contributed by atoms with Crippen molar-refractivity contribution in [2.24, 2.45) is 7.05 Å². The molecule has 0 saturated carbocycles. The molecule has 3 heterocycles. The van der Waals surface area contributed by atoms with Gasteiger partial charge in [-0.1, -0.05) is 16.8 Å². The van der Waals surface area contributed by atoms with Crippen molar-refractivity contribution >= 4 is 38.9 Å². The van der Waals surface area contributed by atoms with Crippen LogP contribution in [0.25, 0.3) is 11.4 Å². The Morgan fingerprint density at radius 1 is 1.19 bits per heavy atom. The number of rotatable bonds is 8. The second-order valence-corrected chi connectivity index (χ2v) is 10.6. The summed E-state index contributed by atoms with van der Waals surface area (Å²) in [6.45, 7) is 3.63. The van der Waals surface area contributed by atoms with E-state index in [0.29, 0.717) is 22.8 Å². The van der Waals surface area contributed by atoms with E-state index in [9.17, 15) is 17.6 Å². The molecular formula is C24H23ClFN5O5S. The fourth-order valence-electron chi connectivity index (χ4n) is 3.64. The van der Waals surface area contributed by atoms with Gasteiger partial charge in [-0.25, -0.2) is 17.8 Å². The van der Waals surface area contributed by atoms with E-state index in [1.165, 1.54) is 24.3 Å². The van der Waals surface area contributed by atoms with Gasteiger partial charge < -0.3 is 19.1 Å². The minimum atomic E-state index is -3.53. The number of aromatic nitrogens is 3. The normalized spacial score (nSPS) is 11.4. The number of halogens is 2. The van der Waals surface area contributed by atoms with Gasteiger partial charge in [-0.3, -0.25) is 9.52 Å². The average molecular weight is 548 g/mol. The lowest BCUT2D eigenvalue weighted by Crippen LogP contribution is -2.13. The number of nitrogens with one attached hydrogen (secondary N) is 2.